The van der Waals surface area contributed by atoms with Gasteiger partial charge in [-0.05, 0) is 92.3 Å². The third-order valence-corrected chi connectivity index (χ3v) is 11.6. The van der Waals surface area contributed by atoms with Gasteiger partial charge in [0.05, 0.1) is 6.10 Å². The molecule has 4 saturated carbocycles. The Kier molecular flexibility index (Phi) is 5.28. The topological polar surface area (TPSA) is 38.7 Å². The van der Waals surface area contributed by atoms with Crippen molar-refractivity contribution in [2.24, 2.45) is 46.3 Å². The zero-order valence-electron chi connectivity index (χ0n) is 20.8. The summed E-state index contributed by atoms with van der Waals surface area (Å²) in [5, 5.41) is 10.4. The minimum absolute atomic E-state index is 0.102. The summed E-state index contributed by atoms with van der Waals surface area (Å²) in [5.74, 6) is 3.89. The fourth-order valence-electron chi connectivity index (χ4n) is 9.32. The highest BCUT2D eigenvalue weighted by molar-refractivity contribution is 5.23. The van der Waals surface area contributed by atoms with Crippen molar-refractivity contribution in [3.05, 3.63) is 12.2 Å². The zero-order valence-corrected chi connectivity index (χ0v) is 20.8. The summed E-state index contributed by atoms with van der Waals surface area (Å²) < 4.78 is 0. The quantitative estimate of drug-likeness (QED) is 0.398. The first-order valence-electron chi connectivity index (χ1n) is 13.3. The van der Waals surface area contributed by atoms with Gasteiger partial charge in [-0.3, -0.25) is 0 Å². The van der Waals surface area contributed by atoms with E-state index in [1.54, 1.807) is 0 Å². The first-order valence-corrected chi connectivity index (χ1v) is 13.3. The molecular formula is C28H46O3. The molecule has 176 valence electrons. The van der Waals surface area contributed by atoms with Crippen LogP contribution in [0.15, 0.2) is 12.2 Å². The molecule has 2 heterocycles. The molecule has 0 aromatic rings. The van der Waals surface area contributed by atoms with E-state index in [4.69, 9.17) is 9.78 Å². The maximum absolute atomic E-state index is 10.4. The lowest BCUT2D eigenvalue weighted by atomic mass is 9.40. The van der Waals surface area contributed by atoms with Crippen molar-refractivity contribution in [3.8, 4) is 0 Å². The lowest BCUT2D eigenvalue weighted by Gasteiger charge is -2.72. The highest BCUT2D eigenvalue weighted by Gasteiger charge is 2.75. The predicted octanol–water partition coefficient (Wildman–Crippen LogP) is 6.70. The van der Waals surface area contributed by atoms with E-state index in [2.05, 4.69) is 53.7 Å². The fourth-order valence-corrected chi connectivity index (χ4v) is 9.32. The van der Waals surface area contributed by atoms with Crippen molar-refractivity contribution in [1.29, 1.82) is 0 Å². The van der Waals surface area contributed by atoms with Crippen molar-refractivity contribution in [1.82, 2.24) is 0 Å². The fraction of sp³-hybridized carbons (Fsp3) is 0.929. The molecule has 0 radical (unpaired) electrons. The standard InChI is InChI=1S/C28H46O3/c1-18(2)19(3)7-8-20(4)22-9-10-23-25(22,5)13-12-24-26(6)14-11-21(29)17-27(26)15-16-28(23,24)31-30-27/h7-8,18-24,29H,9-17H2,1-6H3/b8-7+/t19?,20?,21?,22?,23?,24?,25?,26?,27-,28+/m1/s1. The maximum atomic E-state index is 10.4. The van der Waals surface area contributed by atoms with Gasteiger partial charge in [0.2, 0.25) is 0 Å². The summed E-state index contributed by atoms with van der Waals surface area (Å²) in [6.45, 7) is 14.5. The van der Waals surface area contributed by atoms with E-state index < -0.39 is 0 Å². The van der Waals surface area contributed by atoms with Crippen LogP contribution in [-0.4, -0.2) is 22.4 Å². The minimum Gasteiger partial charge on any atom is -0.393 e. The highest BCUT2D eigenvalue weighted by Crippen LogP contribution is 2.74. The Labute approximate surface area is 190 Å². The maximum Gasteiger partial charge on any atom is 0.112 e. The van der Waals surface area contributed by atoms with Gasteiger partial charge in [-0.25, -0.2) is 9.78 Å². The van der Waals surface area contributed by atoms with Gasteiger partial charge in [0.1, 0.15) is 11.2 Å². The highest BCUT2D eigenvalue weighted by atomic mass is 17.2. The molecule has 6 rings (SSSR count). The molecule has 8 unspecified atom stereocenters. The summed E-state index contributed by atoms with van der Waals surface area (Å²) >= 11 is 0. The van der Waals surface area contributed by atoms with Crippen molar-refractivity contribution >= 4 is 0 Å². The zero-order chi connectivity index (χ0) is 22.2. The first-order chi connectivity index (χ1) is 14.6. The molecule has 4 aliphatic carbocycles. The molecule has 3 nitrogen and oxygen atoms in total. The predicted molar refractivity (Wildman–Crippen MR) is 124 cm³/mol. The van der Waals surface area contributed by atoms with E-state index >= 15 is 0 Å². The van der Waals surface area contributed by atoms with Crippen LogP contribution in [0.4, 0.5) is 0 Å². The van der Waals surface area contributed by atoms with Crippen LogP contribution >= 0.6 is 0 Å². The lowest BCUT2D eigenvalue weighted by molar-refractivity contribution is -0.536. The van der Waals surface area contributed by atoms with Gasteiger partial charge in [0, 0.05) is 11.8 Å². The molecule has 2 bridgehead atoms. The van der Waals surface area contributed by atoms with Crippen LogP contribution in [0.3, 0.4) is 0 Å². The Morgan fingerprint density at radius 1 is 0.839 bits per heavy atom. The lowest BCUT2D eigenvalue weighted by Crippen LogP contribution is -2.75. The van der Waals surface area contributed by atoms with E-state index in [0.717, 1.165) is 38.0 Å². The Balaban J connectivity index is 1.42. The smallest absolute Gasteiger partial charge is 0.112 e. The van der Waals surface area contributed by atoms with E-state index in [1.165, 1.54) is 25.7 Å². The van der Waals surface area contributed by atoms with E-state index in [-0.39, 0.29) is 22.7 Å². The summed E-state index contributed by atoms with van der Waals surface area (Å²) in [6, 6.07) is 0. The summed E-state index contributed by atoms with van der Waals surface area (Å²) in [7, 11) is 0. The molecule has 2 aliphatic heterocycles. The van der Waals surface area contributed by atoms with Crippen LogP contribution in [0.1, 0.15) is 99.3 Å². The minimum atomic E-state index is -0.258. The molecule has 3 heteroatoms. The molecule has 10 atom stereocenters. The van der Waals surface area contributed by atoms with Crippen molar-refractivity contribution in [3.63, 3.8) is 0 Å². The Bertz CT molecular complexity index is 720. The molecular weight excluding hydrogens is 384 g/mol. The van der Waals surface area contributed by atoms with Crippen molar-refractivity contribution in [2.75, 3.05) is 0 Å². The van der Waals surface area contributed by atoms with Crippen LogP contribution in [0, 0.1) is 46.3 Å². The number of fused-ring (bicyclic) bond motifs is 3. The first kappa shape index (κ1) is 22.4. The number of hydrogen-bond acceptors (Lipinski definition) is 3. The molecule has 2 spiro atoms. The third kappa shape index (κ3) is 2.94. The number of hydrogen-bond donors (Lipinski definition) is 1. The average molecular weight is 431 g/mol. The van der Waals surface area contributed by atoms with Crippen LogP contribution in [-0.2, 0) is 9.78 Å². The van der Waals surface area contributed by atoms with E-state index in [9.17, 15) is 5.11 Å². The second-order valence-corrected chi connectivity index (χ2v) is 13.1. The van der Waals surface area contributed by atoms with Gasteiger partial charge in [-0.15, -0.1) is 0 Å². The molecule has 0 aromatic heterocycles. The third-order valence-electron chi connectivity index (χ3n) is 11.6. The van der Waals surface area contributed by atoms with Crippen LogP contribution in [0.5, 0.6) is 0 Å². The second-order valence-electron chi connectivity index (χ2n) is 13.1. The Hall–Kier alpha value is -0.380. The van der Waals surface area contributed by atoms with Crippen molar-refractivity contribution < 1.29 is 14.9 Å². The second kappa shape index (κ2) is 7.31. The van der Waals surface area contributed by atoms with E-state index in [0.29, 0.717) is 35.0 Å². The monoisotopic (exact) mass is 430 g/mol. The number of aliphatic hydroxyl groups is 1. The SMILES string of the molecule is CC(C)C(C)/C=C/C(C)C1CCC2C1(C)CCC1C3(C)CCC(O)C[C@]34CC[C@]21OO4. The molecule has 0 amide bonds. The average Bonchev–Trinajstić information content (AvgIpc) is 3.09. The number of aliphatic hydroxyl groups excluding tert-OH is 1. The molecule has 31 heavy (non-hydrogen) atoms. The number of allylic oxidation sites excluding steroid dienone is 2. The summed E-state index contributed by atoms with van der Waals surface area (Å²) in [4.78, 5) is 12.9. The van der Waals surface area contributed by atoms with Crippen molar-refractivity contribution in [2.45, 2.75) is 117 Å². The molecule has 1 N–H and O–H groups in total. The van der Waals surface area contributed by atoms with Crippen LogP contribution < -0.4 is 0 Å². The summed E-state index contributed by atoms with van der Waals surface area (Å²) in [6.07, 6.45) is 14.9. The Morgan fingerprint density at radius 3 is 2.29 bits per heavy atom. The molecule has 0 aromatic carbocycles. The normalized spacial score (nSPS) is 53.3. The molecule has 6 fully saturated rings. The summed E-state index contributed by atoms with van der Waals surface area (Å²) in [5.41, 5.74) is 0.133. The molecule has 2 saturated heterocycles. The van der Waals surface area contributed by atoms with E-state index in [1.807, 2.05) is 0 Å². The molecule has 6 aliphatic rings. The van der Waals surface area contributed by atoms with Crippen LogP contribution in [0.2, 0.25) is 0 Å². The number of rotatable bonds is 4. The largest absolute Gasteiger partial charge is 0.393 e. The van der Waals surface area contributed by atoms with Gasteiger partial charge < -0.3 is 5.11 Å². The van der Waals surface area contributed by atoms with Gasteiger partial charge in [-0.2, -0.15) is 0 Å². The van der Waals surface area contributed by atoms with Gasteiger partial charge in [0.15, 0.2) is 0 Å². The van der Waals surface area contributed by atoms with Gasteiger partial charge in [0.25, 0.3) is 0 Å². The van der Waals surface area contributed by atoms with Gasteiger partial charge >= 0.3 is 0 Å². The van der Waals surface area contributed by atoms with Crippen LogP contribution in [0.25, 0.3) is 0 Å². The Morgan fingerprint density at radius 2 is 1.61 bits per heavy atom. The van der Waals surface area contributed by atoms with Gasteiger partial charge in [-0.1, -0.05) is 53.7 Å².